The maximum Gasteiger partial charge on any atom is 0.229 e. The molecule has 7 N–H and O–H groups in total. The maximum atomic E-state index is 13.0. The topological polar surface area (TPSA) is 190 Å². The van der Waals surface area contributed by atoms with Gasteiger partial charge in [0.25, 0.3) is 0 Å². The fourth-order valence-electron chi connectivity index (χ4n) is 3.38. The van der Waals surface area contributed by atoms with E-state index in [0.29, 0.717) is 0 Å². The quantitative estimate of drug-likeness (QED) is 0.207. The van der Waals surface area contributed by atoms with Gasteiger partial charge in [0.1, 0.15) is 58.0 Å². The largest absolute Gasteiger partial charge is 0.508 e. The van der Waals surface area contributed by atoms with Crippen LogP contribution in [0.2, 0.25) is 0 Å². The normalized spacial score (nSPS) is 26.9. The molecule has 1 aliphatic heterocycles. The third-order valence-electron chi connectivity index (χ3n) is 4.92. The molecule has 4 rings (SSSR count). The van der Waals surface area contributed by atoms with Crippen LogP contribution in [0.15, 0.2) is 33.5 Å². The van der Waals surface area contributed by atoms with Crippen molar-refractivity contribution < 1.29 is 49.6 Å². The number of benzene rings is 2. The number of hydrogen-bond donors (Lipinski definition) is 7. The molecule has 160 valence electrons. The zero-order valence-electron chi connectivity index (χ0n) is 15.2. The molecule has 1 aromatic heterocycles. The van der Waals surface area contributed by atoms with Gasteiger partial charge < -0.3 is 49.6 Å². The summed E-state index contributed by atoms with van der Waals surface area (Å²) in [6.45, 7) is -0.689. The minimum atomic E-state index is -1.76. The molecule has 1 saturated heterocycles. The number of ether oxygens (including phenoxy) is 2. The van der Waals surface area contributed by atoms with E-state index >= 15 is 0 Å². The summed E-state index contributed by atoms with van der Waals surface area (Å²) in [4.78, 5) is 13.0. The fraction of sp³-hybridized carbons (Fsp3) is 0.316. The maximum absolute atomic E-state index is 13.0. The Morgan fingerprint density at radius 1 is 0.933 bits per heavy atom. The van der Waals surface area contributed by atoms with Crippen LogP contribution in [-0.4, -0.2) is 73.1 Å². The van der Waals surface area contributed by atoms with Crippen LogP contribution in [0.3, 0.4) is 0 Å². The highest BCUT2D eigenvalue weighted by Crippen LogP contribution is 2.37. The Morgan fingerprint density at radius 3 is 2.33 bits per heavy atom. The highest BCUT2D eigenvalue weighted by Gasteiger charge is 2.45. The van der Waals surface area contributed by atoms with Gasteiger partial charge in [0, 0.05) is 12.1 Å². The summed E-state index contributed by atoms with van der Waals surface area (Å²) in [5.74, 6) is -1.61. The molecule has 3 aromatic rings. The zero-order valence-corrected chi connectivity index (χ0v) is 15.2. The molecule has 1 aliphatic rings. The van der Waals surface area contributed by atoms with E-state index in [4.69, 9.17) is 13.9 Å². The minimum absolute atomic E-state index is 0.201. The van der Waals surface area contributed by atoms with Gasteiger partial charge in [0.15, 0.2) is 11.3 Å². The van der Waals surface area contributed by atoms with Crippen LogP contribution >= 0.6 is 0 Å². The third kappa shape index (κ3) is 3.09. The average Bonchev–Trinajstić information content (AvgIpc) is 2.70. The lowest BCUT2D eigenvalue weighted by atomic mass is 9.99. The number of phenolic OH excluding ortho intramolecular Hbond substituents is 3. The van der Waals surface area contributed by atoms with Crippen molar-refractivity contribution in [3.8, 4) is 23.0 Å². The highest BCUT2D eigenvalue weighted by molar-refractivity contribution is 5.98. The number of hydrogen-bond acceptors (Lipinski definition) is 11. The van der Waals surface area contributed by atoms with Gasteiger partial charge in [-0.2, -0.15) is 0 Å². The number of aliphatic hydroxyl groups is 4. The van der Waals surface area contributed by atoms with Crippen LogP contribution < -0.4 is 10.2 Å². The second-order valence-corrected chi connectivity index (χ2v) is 6.87. The zero-order chi connectivity index (χ0) is 21.7. The van der Waals surface area contributed by atoms with Gasteiger partial charge in [-0.25, -0.2) is 0 Å². The van der Waals surface area contributed by atoms with Gasteiger partial charge in [-0.3, -0.25) is 4.79 Å². The smallest absolute Gasteiger partial charge is 0.229 e. The van der Waals surface area contributed by atoms with E-state index in [-0.39, 0.29) is 27.7 Å². The van der Waals surface area contributed by atoms with Crippen molar-refractivity contribution in [3.63, 3.8) is 0 Å². The van der Waals surface area contributed by atoms with Crippen LogP contribution in [0.4, 0.5) is 0 Å². The first-order valence-corrected chi connectivity index (χ1v) is 8.84. The molecule has 0 radical (unpaired) electrons. The number of aromatic hydroxyl groups is 3. The summed E-state index contributed by atoms with van der Waals surface area (Å²) in [6.07, 6.45) is -7.97. The van der Waals surface area contributed by atoms with Crippen LogP contribution in [0.5, 0.6) is 23.0 Å². The molecule has 0 saturated carbocycles. The van der Waals surface area contributed by atoms with E-state index in [1.807, 2.05) is 0 Å². The Morgan fingerprint density at radius 2 is 1.63 bits per heavy atom. The van der Waals surface area contributed by atoms with Crippen LogP contribution in [-0.2, 0) is 4.74 Å². The fourth-order valence-corrected chi connectivity index (χ4v) is 3.38. The molecular formula is C19H18O11. The number of fused-ring (bicyclic) bond motifs is 2. The van der Waals surface area contributed by atoms with Gasteiger partial charge in [-0.05, 0) is 12.1 Å². The van der Waals surface area contributed by atoms with Gasteiger partial charge in [-0.15, -0.1) is 0 Å². The molecule has 2 heterocycles. The average molecular weight is 422 g/mol. The Labute approximate surface area is 167 Å². The van der Waals surface area contributed by atoms with Crippen molar-refractivity contribution in [3.05, 3.63) is 34.5 Å². The first-order valence-electron chi connectivity index (χ1n) is 8.84. The van der Waals surface area contributed by atoms with Crippen molar-refractivity contribution in [2.24, 2.45) is 0 Å². The molecule has 11 nitrogen and oxygen atoms in total. The van der Waals surface area contributed by atoms with E-state index in [1.54, 1.807) is 0 Å². The van der Waals surface area contributed by atoms with Gasteiger partial charge in [-0.1, -0.05) is 0 Å². The lowest BCUT2D eigenvalue weighted by Gasteiger charge is -2.39. The van der Waals surface area contributed by atoms with E-state index in [9.17, 15) is 40.5 Å². The van der Waals surface area contributed by atoms with Gasteiger partial charge in [0.05, 0.1) is 6.61 Å². The number of rotatable bonds is 3. The SMILES string of the molecule is O=c1c2c(OC3OC(CO)C(O)C(O)C3O)cc(O)cc2oc2c(O)ccc(O)c12. The molecule has 0 spiro atoms. The van der Waals surface area contributed by atoms with Crippen LogP contribution in [0.1, 0.15) is 0 Å². The highest BCUT2D eigenvalue weighted by atomic mass is 16.7. The summed E-state index contributed by atoms with van der Waals surface area (Å²) >= 11 is 0. The molecule has 0 aliphatic carbocycles. The standard InChI is InChI=1S/C19H18O11/c20-5-11-14(24)16(26)17(27)19(30-11)29-10-4-6(21)3-9-13(10)15(25)12-7(22)1-2-8(23)18(12)28-9/h1-4,11,14,16-17,19-24,26-27H,5H2. The van der Waals surface area contributed by atoms with Crippen molar-refractivity contribution in [2.75, 3.05) is 6.61 Å². The molecule has 5 unspecified atom stereocenters. The van der Waals surface area contributed by atoms with Gasteiger partial charge >= 0.3 is 0 Å². The predicted octanol–water partition coefficient (Wildman–Crippen LogP) is -0.758. The molecule has 2 aromatic carbocycles. The second-order valence-electron chi connectivity index (χ2n) is 6.87. The molecular weight excluding hydrogens is 404 g/mol. The monoisotopic (exact) mass is 422 g/mol. The van der Waals surface area contributed by atoms with E-state index < -0.39 is 60.0 Å². The predicted molar refractivity (Wildman–Crippen MR) is 99.4 cm³/mol. The van der Waals surface area contributed by atoms with Crippen LogP contribution in [0, 0.1) is 0 Å². The summed E-state index contributed by atoms with van der Waals surface area (Å²) in [7, 11) is 0. The summed E-state index contributed by atoms with van der Waals surface area (Å²) < 4.78 is 16.2. The van der Waals surface area contributed by atoms with Crippen molar-refractivity contribution in [1.82, 2.24) is 0 Å². The number of phenols is 3. The van der Waals surface area contributed by atoms with Crippen molar-refractivity contribution in [2.45, 2.75) is 30.7 Å². The molecule has 5 atom stereocenters. The third-order valence-corrected chi connectivity index (χ3v) is 4.92. The van der Waals surface area contributed by atoms with Gasteiger partial charge in [0.2, 0.25) is 11.7 Å². The molecule has 30 heavy (non-hydrogen) atoms. The molecule has 11 heteroatoms. The Kier molecular flexibility index (Phi) is 4.92. The Bertz CT molecular complexity index is 1170. The summed E-state index contributed by atoms with van der Waals surface area (Å²) in [6, 6.07) is 4.33. The van der Waals surface area contributed by atoms with E-state index in [2.05, 4.69) is 0 Å². The molecule has 0 bridgehead atoms. The van der Waals surface area contributed by atoms with Crippen molar-refractivity contribution in [1.29, 1.82) is 0 Å². The molecule has 0 amide bonds. The van der Waals surface area contributed by atoms with Crippen molar-refractivity contribution >= 4 is 21.9 Å². The second kappa shape index (κ2) is 7.31. The minimum Gasteiger partial charge on any atom is -0.508 e. The Balaban J connectivity index is 1.88. The lowest BCUT2D eigenvalue weighted by Crippen LogP contribution is -2.60. The Hall–Kier alpha value is -3.09. The molecule has 1 fully saturated rings. The summed E-state index contributed by atoms with van der Waals surface area (Å²) in [5, 5.41) is 68.7. The summed E-state index contributed by atoms with van der Waals surface area (Å²) in [5.41, 5.74) is -1.32. The first-order chi connectivity index (χ1) is 14.2. The first kappa shape index (κ1) is 20.2. The lowest BCUT2D eigenvalue weighted by molar-refractivity contribution is -0.277. The van der Waals surface area contributed by atoms with E-state index in [1.165, 1.54) is 0 Å². The van der Waals surface area contributed by atoms with E-state index in [0.717, 1.165) is 24.3 Å². The number of aliphatic hydroxyl groups excluding tert-OH is 4. The van der Waals surface area contributed by atoms with Crippen LogP contribution in [0.25, 0.3) is 21.9 Å².